The summed E-state index contributed by atoms with van der Waals surface area (Å²) in [5.41, 5.74) is 3.30. The molecule has 0 radical (unpaired) electrons. The van der Waals surface area contributed by atoms with Gasteiger partial charge in [-0.1, -0.05) is 73.7 Å². The van der Waals surface area contributed by atoms with Gasteiger partial charge in [-0.15, -0.1) is 0 Å². The number of halogens is 2. The first kappa shape index (κ1) is 35.7. The molecule has 3 aromatic carbocycles. The second-order valence-corrected chi connectivity index (χ2v) is 11.1. The number of hydrogen-bond acceptors (Lipinski definition) is 8. The number of amides is 1. The van der Waals surface area contributed by atoms with E-state index in [2.05, 4.69) is 17.0 Å². The van der Waals surface area contributed by atoms with Crippen molar-refractivity contribution in [2.24, 2.45) is 0 Å². The third-order valence-corrected chi connectivity index (χ3v) is 7.74. The second-order valence-electron chi connectivity index (χ2n) is 10.2. The van der Waals surface area contributed by atoms with Crippen molar-refractivity contribution in [2.75, 3.05) is 35.0 Å². The summed E-state index contributed by atoms with van der Waals surface area (Å²) in [6.07, 6.45) is 4.68. The lowest BCUT2D eigenvalue weighted by Gasteiger charge is -2.19. The third kappa shape index (κ3) is 9.60. The minimum atomic E-state index is -1.05. The summed E-state index contributed by atoms with van der Waals surface area (Å²) in [5, 5.41) is 2.51. The number of methoxy groups -OCH3 is 4. The fourth-order valence-electron chi connectivity index (χ4n) is 4.79. The topological polar surface area (TPSA) is 109 Å². The summed E-state index contributed by atoms with van der Waals surface area (Å²) in [4.78, 5) is 37.7. The van der Waals surface area contributed by atoms with Gasteiger partial charge in [0.05, 0.1) is 61.8 Å². The van der Waals surface area contributed by atoms with Crippen LogP contribution in [0.25, 0.3) is 11.1 Å². The van der Waals surface area contributed by atoms with Crippen molar-refractivity contribution in [3.8, 4) is 22.6 Å². The van der Waals surface area contributed by atoms with E-state index in [1.807, 2.05) is 36.4 Å². The van der Waals surface area contributed by atoms with Crippen LogP contribution < -0.4 is 14.8 Å². The van der Waals surface area contributed by atoms with Gasteiger partial charge in [-0.2, -0.15) is 0 Å². The molecule has 1 atom stereocenters. The zero-order chi connectivity index (χ0) is 32.9. The normalized spacial score (nSPS) is 11.4. The van der Waals surface area contributed by atoms with Crippen molar-refractivity contribution in [3.63, 3.8) is 0 Å². The number of benzene rings is 3. The predicted octanol–water partition coefficient (Wildman–Crippen LogP) is 7.08. The van der Waals surface area contributed by atoms with Gasteiger partial charge in [0.25, 0.3) is 5.91 Å². The molecule has 45 heavy (non-hydrogen) atoms. The van der Waals surface area contributed by atoms with Crippen molar-refractivity contribution in [1.82, 2.24) is 5.32 Å². The SMILES string of the molecule is CCCCCCOCc1cc(OC)c(-c2ccc(C[C@H](NC(=O)c3c(Cl)cc(C(=O)OC)cc3Cl)C(=O)OC)cc2)c(OC)c1. The smallest absolute Gasteiger partial charge is 0.337 e. The molecule has 0 aliphatic carbocycles. The number of nitrogens with one attached hydrogen (secondary N) is 1. The molecule has 9 nitrogen and oxygen atoms in total. The Morgan fingerprint density at radius 1 is 0.800 bits per heavy atom. The highest BCUT2D eigenvalue weighted by Crippen LogP contribution is 2.40. The minimum absolute atomic E-state index is 0.0687. The molecule has 0 heterocycles. The molecule has 0 saturated carbocycles. The molecular weight excluding hydrogens is 621 g/mol. The van der Waals surface area contributed by atoms with Crippen LogP contribution in [0.5, 0.6) is 11.5 Å². The second kappa shape index (κ2) is 17.6. The van der Waals surface area contributed by atoms with E-state index in [1.54, 1.807) is 14.2 Å². The van der Waals surface area contributed by atoms with Gasteiger partial charge >= 0.3 is 11.9 Å². The predicted molar refractivity (Wildman–Crippen MR) is 174 cm³/mol. The monoisotopic (exact) mass is 659 g/mol. The molecular formula is C34H39Cl2NO8. The highest BCUT2D eigenvalue weighted by molar-refractivity contribution is 6.40. The summed E-state index contributed by atoms with van der Waals surface area (Å²) < 4.78 is 26.9. The molecule has 0 spiro atoms. The van der Waals surface area contributed by atoms with Gasteiger partial charge in [-0.3, -0.25) is 4.79 Å². The fourth-order valence-corrected chi connectivity index (χ4v) is 5.45. The highest BCUT2D eigenvalue weighted by atomic mass is 35.5. The van der Waals surface area contributed by atoms with E-state index in [0.29, 0.717) is 24.7 Å². The number of carbonyl (C=O) groups excluding carboxylic acids is 3. The van der Waals surface area contributed by atoms with Gasteiger partial charge in [0.1, 0.15) is 17.5 Å². The number of ether oxygens (including phenoxy) is 5. The molecule has 1 N–H and O–H groups in total. The quantitative estimate of drug-likeness (QED) is 0.128. The Morgan fingerprint density at radius 3 is 1.96 bits per heavy atom. The average Bonchev–Trinajstić information content (AvgIpc) is 3.04. The van der Waals surface area contributed by atoms with Crippen LogP contribution >= 0.6 is 23.2 Å². The standard InChI is InChI=1S/C34H39Cl2NO8/c1-6-7-8-9-14-45-20-22-16-28(41-2)30(29(17-22)42-3)23-12-10-21(11-13-23)15-27(34(40)44-5)37-32(38)31-25(35)18-24(19-26(31)36)33(39)43-4/h10-13,16-19,27H,6-9,14-15,20H2,1-5H3,(H,37,38)/t27-/m0/s1. The maximum absolute atomic E-state index is 13.1. The molecule has 3 aromatic rings. The largest absolute Gasteiger partial charge is 0.496 e. The maximum Gasteiger partial charge on any atom is 0.337 e. The molecule has 0 aromatic heterocycles. The molecule has 0 saturated heterocycles. The Balaban J connectivity index is 1.78. The summed E-state index contributed by atoms with van der Waals surface area (Å²) >= 11 is 12.5. The van der Waals surface area contributed by atoms with Gasteiger partial charge in [0.2, 0.25) is 0 Å². The summed E-state index contributed by atoms with van der Waals surface area (Å²) in [6.45, 7) is 3.33. The van der Waals surface area contributed by atoms with Crippen molar-refractivity contribution < 1.29 is 38.1 Å². The lowest BCUT2D eigenvalue weighted by atomic mass is 9.98. The van der Waals surface area contributed by atoms with Crippen LogP contribution in [-0.4, -0.2) is 58.9 Å². The maximum atomic E-state index is 13.1. The van der Waals surface area contributed by atoms with E-state index >= 15 is 0 Å². The van der Waals surface area contributed by atoms with Crippen molar-refractivity contribution >= 4 is 41.0 Å². The Kier molecular flexibility index (Phi) is 14.0. The third-order valence-electron chi connectivity index (χ3n) is 7.14. The van der Waals surface area contributed by atoms with E-state index < -0.39 is 23.9 Å². The molecule has 3 rings (SSSR count). The molecule has 11 heteroatoms. The van der Waals surface area contributed by atoms with Gasteiger partial charge in [0, 0.05) is 13.0 Å². The van der Waals surface area contributed by atoms with E-state index in [0.717, 1.165) is 35.1 Å². The first-order valence-electron chi connectivity index (χ1n) is 14.5. The lowest BCUT2D eigenvalue weighted by molar-refractivity contribution is -0.142. The molecule has 0 aliphatic rings. The Morgan fingerprint density at radius 2 is 1.42 bits per heavy atom. The molecule has 0 bridgehead atoms. The molecule has 0 fully saturated rings. The molecule has 0 unspecified atom stereocenters. The van der Waals surface area contributed by atoms with Gasteiger partial charge in [0.15, 0.2) is 0 Å². The van der Waals surface area contributed by atoms with E-state index in [4.69, 9.17) is 42.1 Å². The number of hydrogen-bond donors (Lipinski definition) is 1. The van der Waals surface area contributed by atoms with Crippen molar-refractivity contribution in [1.29, 1.82) is 0 Å². The van der Waals surface area contributed by atoms with Crippen LogP contribution in [0.1, 0.15) is 64.4 Å². The fraction of sp³-hybridized carbons (Fsp3) is 0.382. The highest BCUT2D eigenvalue weighted by Gasteiger charge is 2.26. The van der Waals surface area contributed by atoms with Crippen LogP contribution in [0.15, 0.2) is 48.5 Å². The Hall–Kier alpha value is -3.79. The lowest BCUT2D eigenvalue weighted by Crippen LogP contribution is -2.43. The van der Waals surface area contributed by atoms with Crippen LogP contribution in [0, 0.1) is 0 Å². The number of unbranched alkanes of at least 4 members (excludes halogenated alkanes) is 3. The van der Waals surface area contributed by atoms with Crippen LogP contribution in [0.3, 0.4) is 0 Å². The van der Waals surface area contributed by atoms with Crippen LogP contribution in [0.4, 0.5) is 0 Å². The van der Waals surface area contributed by atoms with Gasteiger partial charge in [-0.25, -0.2) is 9.59 Å². The summed E-state index contributed by atoms with van der Waals surface area (Å²) in [7, 11) is 5.66. The average molecular weight is 661 g/mol. The first-order chi connectivity index (χ1) is 21.7. The van der Waals surface area contributed by atoms with Crippen molar-refractivity contribution in [3.05, 3.63) is 80.8 Å². The number of carbonyl (C=O) groups is 3. The van der Waals surface area contributed by atoms with Crippen LogP contribution in [0.2, 0.25) is 10.0 Å². The Bertz CT molecular complexity index is 1430. The molecule has 1 amide bonds. The minimum Gasteiger partial charge on any atom is -0.496 e. The zero-order valence-corrected chi connectivity index (χ0v) is 27.7. The summed E-state index contributed by atoms with van der Waals surface area (Å²) in [6, 6.07) is 12.8. The number of esters is 2. The van der Waals surface area contributed by atoms with Gasteiger partial charge in [-0.05, 0) is 47.4 Å². The number of rotatable bonds is 16. The summed E-state index contributed by atoms with van der Waals surface area (Å²) in [5.74, 6) is -0.739. The Labute approximate surface area is 274 Å². The van der Waals surface area contributed by atoms with E-state index in [9.17, 15) is 14.4 Å². The molecule has 0 aliphatic heterocycles. The van der Waals surface area contributed by atoms with Crippen molar-refractivity contribution in [2.45, 2.75) is 51.7 Å². The van der Waals surface area contributed by atoms with Gasteiger partial charge < -0.3 is 29.0 Å². The van der Waals surface area contributed by atoms with E-state index in [1.165, 1.54) is 39.2 Å². The van der Waals surface area contributed by atoms with E-state index in [-0.39, 0.29) is 27.6 Å². The zero-order valence-electron chi connectivity index (χ0n) is 26.2. The van der Waals surface area contributed by atoms with Crippen LogP contribution in [-0.2, 0) is 32.0 Å². The molecule has 242 valence electrons. The first-order valence-corrected chi connectivity index (χ1v) is 15.3.